The van der Waals surface area contributed by atoms with Gasteiger partial charge in [-0.1, -0.05) is 13.8 Å². The Morgan fingerprint density at radius 1 is 1.40 bits per heavy atom. The number of sulfonamides is 1. The molecule has 4 nitrogen and oxygen atoms in total. The first-order chi connectivity index (χ1) is 6.87. The van der Waals surface area contributed by atoms with E-state index in [0.29, 0.717) is 19.6 Å². The molecule has 0 rings (SSSR count). The summed E-state index contributed by atoms with van der Waals surface area (Å²) in [4.78, 5) is 0. The van der Waals surface area contributed by atoms with E-state index in [1.54, 1.807) is 7.11 Å². The van der Waals surface area contributed by atoms with E-state index in [9.17, 15) is 8.42 Å². The third-order valence-corrected chi connectivity index (χ3v) is 3.77. The van der Waals surface area contributed by atoms with Crippen LogP contribution in [0.1, 0.15) is 20.3 Å². The van der Waals surface area contributed by atoms with Gasteiger partial charge in [0, 0.05) is 13.7 Å². The topological polar surface area (TPSA) is 55.4 Å². The second-order valence-corrected chi connectivity index (χ2v) is 6.38. The molecule has 0 aliphatic carbocycles. The second kappa shape index (κ2) is 7.44. The van der Waals surface area contributed by atoms with Gasteiger partial charge < -0.3 is 4.74 Å². The Kier molecular flexibility index (Phi) is 7.52. The molecule has 0 aromatic heterocycles. The highest BCUT2D eigenvalue weighted by Crippen LogP contribution is 2.02. The monoisotopic (exact) mass is 257 g/mol. The van der Waals surface area contributed by atoms with E-state index in [1.807, 2.05) is 13.8 Å². The van der Waals surface area contributed by atoms with E-state index in [4.69, 9.17) is 16.3 Å². The molecular formula is C9H20ClNO3S. The van der Waals surface area contributed by atoms with E-state index in [-0.39, 0.29) is 17.0 Å². The molecule has 0 amide bonds. The molecule has 15 heavy (non-hydrogen) atoms. The third kappa shape index (κ3) is 9.11. The van der Waals surface area contributed by atoms with Crippen molar-refractivity contribution in [2.45, 2.75) is 25.6 Å². The molecule has 92 valence electrons. The van der Waals surface area contributed by atoms with E-state index in [1.165, 1.54) is 0 Å². The fourth-order valence-corrected chi connectivity index (χ4v) is 2.79. The van der Waals surface area contributed by atoms with Crippen LogP contribution in [0, 0.1) is 5.92 Å². The van der Waals surface area contributed by atoms with Gasteiger partial charge in [-0.2, -0.15) is 0 Å². The molecule has 0 aromatic carbocycles. The molecule has 6 heteroatoms. The number of hydrogen-bond donors (Lipinski definition) is 1. The van der Waals surface area contributed by atoms with Gasteiger partial charge in [-0.05, 0) is 12.3 Å². The molecule has 0 aromatic rings. The molecule has 0 radical (unpaired) electrons. The molecule has 0 saturated heterocycles. The van der Waals surface area contributed by atoms with Crippen LogP contribution < -0.4 is 4.72 Å². The lowest BCUT2D eigenvalue weighted by molar-refractivity contribution is 0.196. The maximum atomic E-state index is 11.4. The number of methoxy groups -OCH3 is 1. The molecule has 0 fully saturated rings. The van der Waals surface area contributed by atoms with Crippen molar-refractivity contribution in [3.05, 3.63) is 0 Å². The molecule has 0 bridgehead atoms. The summed E-state index contributed by atoms with van der Waals surface area (Å²) < 4.78 is 30.1. The largest absolute Gasteiger partial charge is 0.383 e. The quantitative estimate of drug-likeness (QED) is 0.665. The first-order valence-corrected chi connectivity index (χ1v) is 7.06. The zero-order valence-corrected chi connectivity index (χ0v) is 11.1. The summed E-state index contributed by atoms with van der Waals surface area (Å²) in [7, 11) is -1.57. The van der Waals surface area contributed by atoms with Crippen LogP contribution in [-0.4, -0.2) is 39.8 Å². The Labute approximate surface area is 97.4 Å². The minimum Gasteiger partial charge on any atom is -0.383 e. The Morgan fingerprint density at radius 3 is 2.47 bits per heavy atom. The maximum Gasteiger partial charge on any atom is 0.211 e. The van der Waals surface area contributed by atoms with Crippen molar-refractivity contribution >= 4 is 21.6 Å². The van der Waals surface area contributed by atoms with Crippen molar-refractivity contribution in [1.29, 1.82) is 0 Å². The SMILES string of the molecule is COCC(Cl)CCNS(=O)(=O)CC(C)C. The average Bonchev–Trinajstić information content (AvgIpc) is 2.01. The minimum absolute atomic E-state index is 0.133. The van der Waals surface area contributed by atoms with E-state index in [2.05, 4.69) is 4.72 Å². The number of alkyl halides is 1. The fourth-order valence-electron chi connectivity index (χ4n) is 1.13. The van der Waals surface area contributed by atoms with Crippen LogP contribution >= 0.6 is 11.6 Å². The predicted octanol–water partition coefficient (Wildman–Crippen LogP) is 1.21. The van der Waals surface area contributed by atoms with Crippen molar-refractivity contribution in [1.82, 2.24) is 4.72 Å². The fraction of sp³-hybridized carbons (Fsp3) is 1.00. The van der Waals surface area contributed by atoms with Crippen molar-refractivity contribution < 1.29 is 13.2 Å². The zero-order valence-electron chi connectivity index (χ0n) is 9.49. The van der Waals surface area contributed by atoms with Crippen LogP contribution in [0.3, 0.4) is 0 Å². The third-order valence-electron chi connectivity index (χ3n) is 1.68. The van der Waals surface area contributed by atoms with Gasteiger partial charge >= 0.3 is 0 Å². The van der Waals surface area contributed by atoms with Crippen molar-refractivity contribution in [2.24, 2.45) is 5.92 Å². The number of hydrogen-bond acceptors (Lipinski definition) is 3. The highest BCUT2D eigenvalue weighted by Gasteiger charge is 2.12. The summed E-state index contributed by atoms with van der Waals surface area (Å²) in [6, 6.07) is 0. The highest BCUT2D eigenvalue weighted by atomic mass is 35.5. The summed E-state index contributed by atoms with van der Waals surface area (Å²) in [6.07, 6.45) is 0.576. The van der Waals surface area contributed by atoms with Gasteiger partial charge in [0.2, 0.25) is 10.0 Å². The molecule has 0 heterocycles. The first kappa shape index (κ1) is 15.2. The Morgan fingerprint density at radius 2 is 2.00 bits per heavy atom. The standard InChI is InChI=1S/C9H20ClNO3S/c1-8(2)7-15(12,13)11-5-4-9(10)6-14-3/h8-9,11H,4-7H2,1-3H3. The molecule has 1 N–H and O–H groups in total. The first-order valence-electron chi connectivity index (χ1n) is 4.97. The van der Waals surface area contributed by atoms with Gasteiger partial charge in [0.15, 0.2) is 0 Å². The van der Waals surface area contributed by atoms with E-state index < -0.39 is 10.0 Å². The summed E-state index contributed by atoms with van der Waals surface area (Å²) in [5.74, 6) is 0.290. The number of ether oxygens (including phenoxy) is 1. The molecule has 0 spiro atoms. The van der Waals surface area contributed by atoms with Gasteiger partial charge in [0.1, 0.15) is 0 Å². The van der Waals surface area contributed by atoms with Crippen molar-refractivity contribution in [2.75, 3.05) is 26.0 Å². The summed E-state index contributed by atoms with van der Waals surface area (Å²) in [5.41, 5.74) is 0. The van der Waals surface area contributed by atoms with Crippen molar-refractivity contribution in [3.63, 3.8) is 0 Å². The smallest absolute Gasteiger partial charge is 0.211 e. The lowest BCUT2D eigenvalue weighted by atomic mass is 10.3. The number of rotatable bonds is 8. The molecule has 1 atom stereocenters. The summed E-state index contributed by atoms with van der Waals surface area (Å²) >= 11 is 5.86. The Balaban J connectivity index is 3.75. The minimum atomic E-state index is -3.14. The number of halogens is 1. The second-order valence-electron chi connectivity index (χ2n) is 3.91. The Hall–Kier alpha value is 0.160. The lowest BCUT2D eigenvalue weighted by Crippen LogP contribution is -2.30. The zero-order chi connectivity index (χ0) is 11.9. The van der Waals surface area contributed by atoms with Gasteiger partial charge in [-0.15, -0.1) is 11.6 Å². The van der Waals surface area contributed by atoms with Crippen molar-refractivity contribution in [3.8, 4) is 0 Å². The van der Waals surface area contributed by atoms with Crippen LogP contribution in [0.25, 0.3) is 0 Å². The Bertz CT molecular complexity index is 254. The summed E-state index contributed by atoms with van der Waals surface area (Å²) in [6.45, 7) is 4.54. The normalized spacial score (nSPS) is 14.5. The maximum absolute atomic E-state index is 11.4. The van der Waals surface area contributed by atoms with Gasteiger partial charge in [-0.25, -0.2) is 13.1 Å². The van der Waals surface area contributed by atoms with E-state index >= 15 is 0 Å². The van der Waals surface area contributed by atoms with Gasteiger partial charge in [-0.3, -0.25) is 0 Å². The molecule has 0 aliphatic rings. The van der Waals surface area contributed by atoms with Crippen LogP contribution in [-0.2, 0) is 14.8 Å². The van der Waals surface area contributed by atoms with Crippen LogP contribution in [0.15, 0.2) is 0 Å². The lowest BCUT2D eigenvalue weighted by Gasteiger charge is -2.10. The highest BCUT2D eigenvalue weighted by molar-refractivity contribution is 7.89. The number of nitrogens with one attached hydrogen (secondary N) is 1. The van der Waals surface area contributed by atoms with Gasteiger partial charge in [0.05, 0.1) is 17.7 Å². The van der Waals surface area contributed by atoms with Crippen LogP contribution in [0.5, 0.6) is 0 Å². The molecule has 0 aliphatic heterocycles. The van der Waals surface area contributed by atoms with Crippen LogP contribution in [0.4, 0.5) is 0 Å². The summed E-state index contributed by atoms with van der Waals surface area (Å²) in [5, 5.41) is -0.142. The molecular weight excluding hydrogens is 238 g/mol. The average molecular weight is 258 g/mol. The molecule has 0 saturated carbocycles. The van der Waals surface area contributed by atoms with E-state index in [0.717, 1.165) is 0 Å². The molecule has 1 unspecified atom stereocenters. The predicted molar refractivity (Wildman–Crippen MR) is 62.8 cm³/mol. The van der Waals surface area contributed by atoms with Crippen LogP contribution in [0.2, 0.25) is 0 Å². The van der Waals surface area contributed by atoms with Gasteiger partial charge in [0.25, 0.3) is 0 Å².